The summed E-state index contributed by atoms with van der Waals surface area (Å²) >= 11 is 3.37. The van der Waals surface area contributed by atoms with Crippen LogP contribution in [0.5, 0.6) is 0 Å². The maximum absolute atomic E-state index is 12.9. The minimum Gasteiger partial charge on any atom is -0.347 e. The standard InChI is InChI=1S/C24H30BrN3O4S/c1-24(2,3)27-23(30)20-9-4-5-10-21(20)26-22(29)18-11-13-28(14-12-18)33(31,32)16-17-7-6-8-19(25)15-17/h4-10,15,18H,11-14,16H2,1-3H3,(H,26,29)(H,27,30). The lowest BCUT2D eigenvalue weighted by Crippen LogP contribution is -2.42. The molecule has 2 N–H and O–H groups in total. The Bertz CT molecular complexity index is 1120. The minimum atomic E-state index is -3.47. The molecule has 1 saturated heterocycles. The lowest BCUT2D eigenvalue weighted by molar-refractivity contribution is -0.120. The van der Waals surface area contributed by atoms with Gasteiger partial charge in [0.15, 0.2) is 0 Å². The number of carbonyl (C=O) groups is 2. The molecule has 1 heterocycles. The lowest BCUT2D eigenvalue weighted by atomic mass is 9.97. The maximum Gasteiger partial charge on any atom is 0.253 e. The molecule has 1 aliphatic rings. The van der Waals surface area contributed by atoms with Crippen LogP contribution in [0.1, 0.15) is 49.5 Å². The van der Waals surface area contributed by atoms with Gasteiger partial charge in [-0.25, -0.2) is 12.7 Å². The molecule has 7 nitrogen and oxygen atoms in total. The molecule has 178 valence electrons. The number of halogens is 1. The van der Waals surface area contributed by atoms with Crippen molar-refractivity contribution in [3.63, 3.8) is 0 Å². The SMILES string of the molecule is CC(C)(C)NC(=O)c1ccccc1NC(=O)C1CCN(S(=O)(=O)Cc2cccc(Br)c2)CC1. The predicted octanol–water partition coefficient (Wildman–Crippen LogP) is 4.16. The van der Waals surface area contributed by atoms with Gasteiger partial charge in [-0.15, -0.1) is 0 Å². The number of hydrogen-bond donors (Lipinski definition) is 2. The minimum absolute atomic E-state index is 0.0699. The molecular weight excluding hydrogens is 506 g/mol. The summed E-state index contributed by atoms with van der Waals surface area (Å²) < 4.78 is 28.0. The number of piperidine rings is 1. The van der Waals surface area contributed by atoms with Gasteiger partial charge in [0.05, 0.1) is 17.0 Å². The van der Waals surface area contributed by atoms with Crippen molar-refractivity contribution in [3.05, 3.63) is 64.1 Å². The Hall–Kier alpha value is -2.23. The summed E-state index contributed by atoms with van der Waals surface area (Å²) in [5.74, 6) is -0.845. The Morgan fingerprint density at radius 2 is 1.73 bits per heavy atom. The molecule has 0 aliphatic carbocycles. The van der Waals surface area contributed by atoms with Gasteiger partial charge in [0.1, 0.15) is 0 Å². The van der Waals surface area contributed by atoms with E-state index in [0.29, 0.717) is 37.2 Å². The lowest BCUT2D eigenvalue weighted by Gasteiger charge is -2.30. The first-order valence-electron chi connectivity index (χ1n) is 10.9. The Kier molecular flexibility index (Phi) is 7.97. The van der Waals surface area contributed by atoms with Crippen LogP contribution in [0.2, 0.25) is 0 Å². The zero-order valence-electron chi connectivity index (χ0n) is 19.1. The number of anilines is 1. The summed E-state index contributed by atoms with van der Waals surface area (Å²) in [5.41, 5.74) is 1.17. The number of para-hydroxylation sites is 1. The van der Waals surface area contributed by atoms with E-state index >= 15 is 0 Å². The van der Waals surface area contributed by atoms with Gasteiger partial charge >= 0.3 is 0 Å². The third kappa shape index (κ3) is 7.12. The van der Waals surface area contributed by atoms with E-state index in [1.807, 2.05) is 32.9 Å². The van der Waals surface area contributed by atoms with Crippen molar-refractivity contribution < 1.29 is 18.0 Å². The number of benzene rings is 2. The Balaban J connectivity index is 1.61. The number of nitrogens with zero attached hydrogens (tertiary/aromatic N) is 1. The van der Waals surface area contributed by atoms with E-state index in [1.54, 1.807) is 36.4 Å². The van der Waals surface area contributed by atoms with Crippen LogP contribution >= 0.6 is 15.9 Å². The Morgan fingerprint density at radius 3 is 2.36 bits per heavy atom. The molecule has 0 saturated carbocycles. The van der Waals surface area contributed by atoms with E-state index in [0.717, 1.165) is 10.0 Å². The third-order valence-electron chi connectivity index (χ3n) is 5.37. The quantitative estimate of drug-likeness (QED) is 0.580. The molecule has 33 heavy (non-hydrogen) atoms. The largest absolute Gasteiger partial charge is 0.347 e. The average Bonchev–Trinajstić information content (AvgIpc) is 2.72. The highest BCUT2D eigenvalue weighted by atomic mass is 79.9. The van der Waals surface area contributed by atoms with Gasteiger partial charge < -0.3 is 10.6 Å². The Labute approximate surface area is 204 Å². The van der Waals surface area contributed by atoms with Crippen molar-refractivity contribution in [3.8, 4) is 0 Å². The molecule has 2 aromatic carbocycles. The van der Waals surface area contributed by atoms with E-state index in [2.05, 4.69) is 26.6 Å². The molecule has 2 amide bonds. The fraction of sp³-hybridized carbons (Fsp3) is 0.417. The van der Waals surface area contributed by atoms with Gasteiger partial charge in [-0.3, -0.25) is 9.59 Å². The van der Waals surface area contributed by atoms with Crippen LogP contribution in [0.15, 0.2) is 53.0 Å². The van der Waals surface area contributed by atoms with Crippen LogP contribution in [0.3, 0.4) is 0 Å². The maximum atomic E-state index is 12.9. The second kappa shape index (κ2) is 10.4. The highest BCUT2D eigenvalue weighted by molar-refractivity contribution is 9.10. The van der Waals surface area contributed by atoms with Crippen LogP contribution < -0.4 is 10.6 Å². The van der Waals surface area contributed by atoms with Crippen molar-refractivity contribution in [2.75, 3.05) is 18.4 Å². The number of rotatable bonds is 6. The van der Waals surface area contributed by atoms with Crippen molar-refractivity contribution in [1.29, 1.82) is 0 Å². The normalized spacial score (nSPS) is 15.8. The molecule has 0 aromatic heterocycles. The van der Waals surface area contributed by atoms with Gasteiger partial charge in [0, 0.05) is 29.0 Å². The molecule has 9 heteroatoms. The number of hydrogen-bond acceptors (Lipinski definition) is 4. The summed E-state index contributed by atoms with van der Waals surface area (Å²) in [4.78, 5) is 25.5. The zero-order chi connectivity index (χ0) is 24.2. The third-order valence-corrected chi connectivity index (χ3v) is 7.72. The van der Waals surface area contributed by atoms with Crippen LogP contribution in [0, 0.1) is 5.92 Å². The molecule has 0 atom stereocenters. The van der Waals surface area contributed by atoms with Crippen LogP contribution in [0.4, 0.5) is 5.69 Å². The van der Waals surface area contributed by atoms with Gasteiger partial charge in [0.25, 0.3) is 5.91 Å². The fourth-order valence-corrected chi connectivity index (χ4v) is 5.75. The summed E-state index contributed by atoms with van der Waals surface area (Å²) in [5, 5.41) is 5.78. The van der Waals surface area contributed by atoms with E-state index in [-0.39, 0.29) is 23.5 Å². The summed E-state index contributed by atoms with van der Waals surface area (Å²) in [6.45, 7) is 6.26. The molecule has 0 spiro atoms. The summed E-state index contributed by atoms with van der Waals surface area (Å²) in [6.07, 6.45) is 0.861. The molecule has 1 fully saturated rings. The Morgan fingerprint density at radius 1 is 1.06 bits per heavy atom. The number of sulfonamides is 1. The molecule has 3 rings (SSSR count). The van der Waals surface area contributed by atoms with Crippen molar-refractivity contribution in [1.82, 2.24) is 9.62 Å². The van der Waals surface area contributed by atoms with E-state index < -0.39 is 15.6 Å². The second-order valence-electron chi connectivity index (χ2n) is 9.30. The first kappa shape index (κ1) is 25.4. The topological polar surface area (TPSA) is 95.6 Å². The molecule has 2 aromatic rings. The molecule has 0 bridgehead atoms. The zero-order valence-corrected chi connectivity index (χ0v) is 21.5. The monoisotopic (exact) mass is 535 g/mol. The van der Waals surface area contributed by atoms with Gasteiger partial charge in [-0.05, 0) is 63.4 Å². The van der Waals surface area contributed by atoms with Crippen molar-refractivity contribution in [2.24, 2.45) is 5.92 Å². The number of carbonyl (C=O) groups excluding carboxylic acids is 2. The average molecular weight is 536 g/mol. The molecule has 1 aliphatic heterocycles. The van der Waals surface area contributed by atoms with E-state index in [4.69, 9.17) is 0 Å². The van der Waals surface area contributed by atoms with Crippen LogP contribution in [0.25, 0.3) is 0 Å². The van der Waals surface area contributed by atoms with Gasteiger partial charge in [0.2, 0.25) is 15.9 Å². The summed E-state index contributed by atoms with van der Waals surface area (Å²) in [7, 11) is -3.47. The number of amides is 2. The summed E-state index contributed by atoms with van der Waals surface area (Å²) in [6, 6.07) is 14.1. The second-order valence-corrected chi connectivity index (χ2v) is 12.2. The molecular formula is C24H30BrN3O4S. The van der Waals surface area contributed by atoms with E-state index in [1.165, 1.54) is 4.31 Å². The van der Waals surface area contributed by atoms with Crippen molar-refractivity contribution in [2.45, 2.75) is 44.9 Å². The van der Waals surface area contributed by atoms with Crippen molar-refractivity contribution >= 4 is 43.5 Å². The molecule has 0 unspecified atom stereocenters. The highest BCUT2D eigenvalue weighted by Crippen LogP contribution is 2.25. The van der Waals surface area contributed by atoms with E-state index in [9.17, 15) is 18.0 Å². The van der Waals surface area contributed by atoms with Crippen LogP contribution in [-0.4, -0.2) is 43.2 Å². The highest BCUT2D eigenvalue weighted by Gasteiger charge is 2.31. The number of nitrogens with one attached hydrogen (secondary N) is 2. The first-order valence-corrected chi connectivity index (χ1v) is 13.3. The fourth-order valence-electron chi connectivity index (χ4n) is 3.76. The molecule has 0 radical (unpaired) electrons. The van der Waals surface area contributed by atoms with Gasteiger partial charge in [-0.1, -0.05) is 40.2 Å². The smallest absolute Gasteiger partial charge is 0.253 e. The first-order chi connectivity index (χ1) is 15.4. The van der Waals surface area contributed by atoms with Gasteiger partial charge in [-0.2, -0.15) is 0 Å². The predicted molar refractivity (Wildman–Crippen MR) is 133 cm³/mol. The van der Waals surface area contributed by atoms with Crippen LogP contribution in [-0.2, 0) is 20.6 Å².